The number of aryl methyl sites for hydroxylation is 1. The van der Waals surface area contributed by atoms with Gasteiger partial charge in [-0.3, -0.25) is 28.8 Å². The topological polar surface area (TPSA) is 427 Å². The number of amides is 4. The Hall–Kier alpha value is -10.4. The van der Waals surface area contributed by atoms with E-state index in [0.717, 1.165) is 46.3 Å². The Balaban J connectivity index is 0.519. The molecule has 4 fully saturated rings. The Labute approximate surface area is 741 Å². The Morgan fingerprint density at radius 1 is 0.701 bits per heavy atom. The number of pyridine rings is 1. The molecule has 0 aromatic carbocycles. The number of nitrogens with two attached hydrogens (primary N) is 1. The van der Waals surface area contributed by atoms with Crippen molar-refractivity contribution in [2.75, 3.05) is 135 Å². The number of nitrogen functional groups attached to an aromatic ring is 1. The van der Waals surface area contributed by atoms with Crippen LogP contribution in [0.15, 0.2) is 97.0 Å². The van der Waals surface area contributed by atoms with Crippen LogP contribution in [-0.4, -0.2) is 280 Å². The predicted octanol–water partition coefficient (Wildman–Crippen LogP) is 8.90. The lowest BCUT2D eigenvalue weighted by atomic mass is 9.81. The highest BCUT2D eigenvalue weighted by atomic mass is 16.6. The highest BCUT2D eigenvalue weighted by molar-refractivity contribution is 6.38. The maximum Gasteiger partial charge on any atom is 0.410 e. The van der Waals surface area contributed by atoms with Gasteiger partial charge in [0.15, 0.2) is 5.65 Å². The van der Waals surface area contributed by atoms with E-state index in [2.05, 4.69) is 45.4 Å². The number of ether oxygens (including phenoxy) is 9. The first kappa shape index (κ1) is 95.7. The summed E-state index contributed by atoms with van der Waals surface area (Å²) in [7, 11) is 3.23. The van der Waals surface area contributed by atoms with Crippen molar-refractivity contribution in [2.24, 2.45) is 23.7 Å². The minimum absolute atomic E-state index is 0.0349. The van der Waals surface area contributed by atoms with Gasteiger partial charge in [0.2, 0.25) is 23.6 Å². The summed E-state index contributed by atoms with van der Waals surface area (Å²) in [6.07, 6.45) is 24.9. The number of piperidine rings is 1. The first-order chi connectivity index (χ1) is 61.6. The molecule has 2 bridgehead atoms. The first-order valence-electron chi connectivity index (χ1n) is 45.2. The maximum absolute atomic E-state index is 14.6. The molecule has 5 aliphatic heterocycles. The molecule has 127 heavy (non-hydrogen) atoms. The van der Waals surface area contributed by atoms with Gasteiger partial charge in [-0.05, 0) is 139 Å². The molecule has 12 rings (SSSR count). The number of ketones is 3. The van der Waals surface area contributed by atoms with Crippen molar-refractivity contribution < 1.29 is 86.1 Å². The number of hydrogen-bond acceptors (Lipinski definition) is 29. The monoisotopic (exact) mass is 1760 g/mol. The Kier molecular flexibility index (Phi) is 36.3. The molecule has 35 nitrogen and oxygen atoms in total. The molecule has 688 valence electrons. The van der Waals surface area contributed by atoms with Crippen molar-refractivity contribution in [3.63, 3.8) is 0 Å². The van der Waals surface area contributed by atoms with E-state index in [-0.39, 0.29) is 112 Å². The van der Waals surface area contributed by atoms with Crippen LogP contribution in [0.1, 0.15) is 172 Å². The van der Waals surface area contributed by atoms with Gasteiger partial charge in [-0.1, -0.05) is 57.2 Å². The number of H-pyrrole nitrogens is 1. The van der Waals surface area contributed by atoms with Crippen molar-refractivity contribution in [1.29, 1.82) is 0 Å². The van der Waals surface area contributed by atoms with E-state index in [4.69, 9.17) is 63.4 Å². The average Bonchev–Trinajstić information content (AvgIpc) is 1.62. The lowest BCUT2D eigenvalue weighted by molar-refractivity contribution is -0.167. The van der Waals surface area contributed by atoms with E-state index in [1.165, 1.54) is 23.6 Å². The number of piperazine rings is 1. The number of aliphatic hydroxyl groups excluding tert-OH is 1. The summed E-state index contributed by atoms with van der Waals surface area (Å²) >= 11 is 0. The molecule has 1 saturated carbocycles. The number of nitrogens with one attached hydrogen (secondary N) is 3. The Bertz CT molecular complexity index is 4800. The number of carbonyl (C=O) groups is 8. The number of aromatic nitrogens is 10. The molecule has 0 spiro atoms. The fourth-order valence-electron chi connectivity index (χ4n) is 17.3. The summed E-state index contributed by atoms with van der Waals surface area (Å²) in [6.45, 7) is 16.6. The second-order valence-corrected chi connectivity index (χ2v) is 34.1. The molecule has 35 heteroatoms. The summed E-state index contributed by atoms with van der Waals surface area (Å²) in [6, 6.07) is 2.90. The molecule has 3 saturated heterocycles. The van der Waals surface area contributed by atoms with E-state index >= 15 is 0 Å². The van der Waals surface area contributed by atoms with Crippen LogP contribution < -0.4 is 26.2 Å². The number of nitrogens with zero attached hydrogens (tertiary/aromatic N) is 13. The molecule has 6 aromatic heterocycles. The number of esters is 1. The van der Waals surface area contributed by atoms with Crippen LogP contribution >= 0.6 is 0 Å². The van der Waals surface area contributed by atoms with Crippen LogP contribution in [-0.2, 0) is 90.9 Å². The molecule has 6 aromatic rings. The number of methoxy groups -OCH3 is 2. The Morgan fingerprint density at radius 2 is 1.45 bits per heavy atom. The molecular weight excluding hydrogens is 1630 g/mol. The van der Waals surface area contributed by atoms with Crippen LogP contribution in [0.25, 0.3) is 33.3 Å². The SMILES string of the molecule is CO[C@H]1CC2CCCC(O2)C(=O)C(=O)N2CCCC[C@H]2C(=O)O[C@H](CC[C@@H]2CC[C@@H](OC(=O)N3CCc4nc(N5CCN(c6ncc(C(=O)NCCOCCOCCOCCOCCC(=O)NCCCCn7nc(-c8cnc9[nH]ccc9c8)c8c(N)ncnc87)cn6)CC5)ncc4C3)[C@H](OC)C2)CC(=O)[C@H](C)/C=C(\C)[C@@H](O)CC(=O)[C@H](C)C[C@H](C)/C=C/C=CC=C1C. The van der Waals surface area contributed by atoms with Gasteiger partial charge in [-0.15, -0.1) is 0 Å². The number of unbranched alkanes of at least 4 members (excludes halogenated alkanes) is 1. The lowest BCUT2D eigenvalue weighted by Crippen LogP contribution is -2.54. The molecule has 11 heterocycles. The van der Waals surface area contributed by atoms with Crippen LogP contribution in [0.5, 0.6) is 0 Å². The zero-order valence-electron chi connectivity index (χ0n) is 74.5. The van der Waals surface area contributed by atoms with Gasteiger partial charge in [-0.2, -0.15) is 5.10 Å². The minimum Gasteiger partial charge on any atom is -0.460 e. The van der Waals surface area contributed by atoms with Gasteiger partial charge in [0.1, 0.15) is 59.4 Å². The standard InChI is InChI=1S/C92H127N17O18/c1-59-16-9-8-10-17-60(2)78(119-6)51-69-18-15-20-77(125-69)83(114)88(116)108-31-13-11-19-72(108)89(117)126-70(50-73(110)62(4)47-63(5)75(112)52-74(111)61(3)46-59)23-21-64-22-24-76(79(48-64)120-7)127-92(118)107-33-26-71-68(57-107)56-100-91(103-71)106-36-34-105(35-37-106)90-98-54-67(55-99-90)87(115)96-30-39-122-41-43-124-45-44-123-42-40-121-38-27-80(113)94-28-12-14-32-109-86-81(84(93)101-58-102-86)82(104-109)66-49-65-25-29-95-85(65)97-53-66/h8-10,16-17,25,29,47,49,53-56,58-59,61-62,64,69-70,72,75-79,112H,11-15,18-24,26-28,30-46,48,50-52,57H2,1-7H3,(H,94,113)(H,95,97)(H,96,115)(H2,93,101,102)/b10-8?,16-9+,60-17?,63-47+/t59-,61-,62-,64-,69?,70-,72+,75+,76-,77?,78+,79-/m1/s1. The fraction of sp³-hybridized carbons (Fsp3) is 0.609. The molecule has 6 aliphatic rings. The molecular formula is C92H127N17O18. The molecule has 12 atom stereocenters. The third kappa shape index (κ3) is 27.3. The van der Waals surface area contributed by atoms with Crippen molar-refractivity contribution in [1.82, 2.24) is 70.1 Å². The number of allylic oxidation sites excluding steroid dienone is 6. The second kappa shape index (κ2) is 48.1. The van der Waals surface area contributed by atoms with Crippen LogP contribution in [0.2, 0.25) is 0 Å². The zero-order chi connectivity index (χ0) is 89.7. The summed E-state index contributed by atoms with van der Waals surface area (Å²) in [5, 5.41) is 23.6. The lowest BCUT2D eigenvalue weighted by Gasteiger charge is -2.37. The van der Waals surface area contributed by atoms with E-state index in [0.29, 0.717) is 215 Å². The van der Waals surface area contributed by atoms with Crippen molar-refractivity contribution in [3.05, 3.63) is 114 Å². The third-order valence-corrected chi connectivity index (χ3v) is 24.8. The quantitative estimate of drug-likeness (QED) is 0.0121. The number of anilines is 3. The van der Waals surface area contributed by atoms with E-state index in [1.807, 2.05) is 79.1 Å². The highest BCUT2D eigenvalue weighted by Crippen LogP contribution is 2.37. The number of carbonyl (C=O) groups excluding carboxylic acids is 8. The second-order valence-electron chi connectivity index (χ2n) is 34.1. The summed E-state index contributed by atoms with van der Waals surface area (Å²) in [4.78, 5) is 153. The predicted molar refractivity (Wildman–Crippen MR) is 473 cm³/mol. The number of Topliss-reactive ketones (excluding diaryl/α,β-unsaturated/α-hetero) is 3. The molecule has 2 unspecified atom stereocenters. The van der Waals surface area contributed by atoms with Crippen LogP contribution in [0.4, 0.5) is 22.5 Å². The van der Waals surface area contributed by atoms with Crippen molar-refractivity contribution >= 4 is 86.9 Å². The smallest absolute Gasteiger partial charge is 0.410 e. The van der Waals surface area contributed by atoms with Crippen molar-refractivity contribution in [2.45, 2.75) is 218 Å². The number of fused-ring (bicyclic) bond motifs is 6. The average molecular weight is 1760 g/mol. The van der Waals surface area contributed by atoms with Gasteiger partial charge >= 0.3 is 12.1 Å². The highest BCUT2D eigenvalue weighted by Gasteiger charge is 2.43. The fourth-order valence-corrected chi connectivity index (χ4v) is 17.3. The van der Waals surface area contributed by atoms with E-state index in [9.17, 15) is 43.5 Å². The minimum atomic E-state index is -1.11. The number of aromatic amines is 1. The van der Waals surface area contributed by atoms with Gasteiger partial charge in [0.05, 0.1) is 100 Å². The van der Waals surface area contributed by atoms with Gasteiger partial charge in [0, 0.05) is 165 Å². The van der Waals surface area contributed by atoms with Gasteiger partial charge in [0.25, 0.3) is 11.8 Å². The molecule has 4 amide bonds. The number of aliphatic hydroxyl groups is 1. The Morgan fingerprint density at radius 3 is 2.21 bits per heavy atom. The largest absolute Gasteiger partial charge is 0.460 e. The summed E-state index contributed by atoms with van der Waals surface area (Å²) in [5.74, 6) is -2.40. The van der Waals surface area contributed by atoms with Crippen LogP contribution in [0, 0.1) is 23.7 Å². The van der Waals surface area contributed by atoms with E-state index in [1.54, 1.807) is 51.4 Å². The van der Waals surface area contributed by atoms with Gasteiger partial charge in [-0.25, -0.2) is 49.2 Å². The van der Waals surface area contributed by atoms with Crippen molar-refractivity contribution in [3.8, 4) is 11.3 Å². The van der Waals surface area contributed by atoms with Gasteiger partial charge < -0.3 is 88.7 Å². The summed E-state index contributed by atoms with van der Waals surface area (Å²) in [5.41, 5.74) is 12.6. The number of cyclic esters (lactones) is 1. The third-order valence-electron chi connectivity index (χ3n) is 24.8. The summed E-state index contributed by atoms with van der Waals surface area (Å²) < 4.78 is 55.1. The number of rotatable bonds is 30. The molecule has 1 aliphatic carbocycles. The molecule has 0 radical (unpaired) electrons. The maximum atomic E-state index is 14.6. The van der Waals surface area contributed by atoms with Crippen LogP contribution in [0.3, 0.4) is 0 Å². The number of hydrogen-bond donors (Lipinski definition) is 5. The molecule has 6 N–H and O–H groups in total. The zero-order valence-corrected chi connectivity index (χ0v) is 74.5. The van der Waals surface area contributed by atoms with E-state index < -0.39 is 66.2 Å². The normalized spacial score (nSPS) is 25.0. The first-order valence-corrected chi connectivity index (χ1v) is 45.2.